The van der Waals surface area contributed by atoms with Gasteiger partial charge in [-0.15, -0.1) is 16.9 Å². The van der Waals surface area contributed by atoms with Gasteiger partial charge in [-0.3, -0.25) is 24.4 Å². The first-order valence-electron chi connectivity index (χ1n) is 10.6. The van der Waals surface area contributed by atoms with Crippen molar-refractivity contribution in [2.24, 2.45) is 5.92 Å². The molecule has 2 atom stereocenters. The molecule has 2 saturated heterocycles. The maximum absolute atomic E-state index is 12.9. The third kappa shape index (κ3) is 4.94. The molecule has 176 valence electrons. The molecular weight excluding hydrogens is 491 g/mol. The Morgan fingerprint density at radius 3 is 2.74 bits per heavy atom. The fraction of sp³-hybridized carbons (Fsp3) is 0.500. The molecule has 0 aromatic carbocycles. The Kier molecular flexibility index (Phi) is 7.77. The van der Waals surface area contributed by atoms with E-state index < -0.39 is 23.3 Å². The number of thioether (sulfide) groups is 2. The molecule has 1 saturated carbocycles. The first kappa shape index (κ1) is 25.3. The van der Waals surface area contributed by atoms with Crippen LogP contribution in [0.2, 0.25) is 0 Å². The van der Waals surface area contributed by atoms with Gasteiger partial charge in [0, 0.05) is 17.9 Å². The zero-order valence-electron chi connectivity index (χ0n) is 17.5. The number of carbonyl (C=O) groups is 4. The Hall–Kier alpha value is -1.80. The number of rotatable bonds is 8. The topological polar surface area (TPSA) is 157 Å². The number of hydrogen-bond donors (Lipinski definition) is 4. The summed E-state index contributed by atoms with van der Waals surface area (Å²) in [5.41, 5.74) is 1.91. The summed E-state index contributed by atoms with van der Waals surface area (Å²) in [7, 11) is 0. The van der Waals surface area contributed by atoms with Crippen molar-refractivity contribution in [3.8, 4) is 0 Å². The predicted octanol–water partition coefficient (Wildman–Crippen LogP) is -0.396. The molecule has 3 fully saturated rings. The number of fused-ring (bicyclic) bond motifs is 1. The molecule has 4 heterocycles. The Bertz CT molecular complexity index is 1090. The van der Waals surface area contributed by atoms with E-state index in [1.54, 1.807) is 0 Å². The van der Waals surface area contributed by atoms with Gasteiger partial charge in [-0.2, -0.15) is 0 Å². The van der Waals surface area contributed by atoms with Gasteiger partial charge in [-0.05, 0) is 42.7 Å². The minimum atomic E-state index is -1.19. The number of aromatic amines is 1. The Morgan fingerprint density at radius 2 is 2.12 bits per heavy atom. The summed E-state index contributed by atoms with van der Waals surface area (Å²) < 4.78 is 0. The fourth-order valence-corrected chi connectivity index (χ4v) is 6.28. The van der Waals surface area contributed by atoms with Crippen molar-refractivity contribution in [1.82, 2.24) is 30.7 Å². The number of aliphatic carboxylic acids is 1. The van der Waals surface area contributed by atoms with Crippen molar-refractivity contribution < 1.29 is 24.3 Å². The Labute approximate surface area is 225 Å². The second kappa shape index (κ2) is 10.4. The third-order valence-electron chi connectivity index (χ3n) is 6.07. The van der Waals surface area contributed by atoms with Gasteiger partial charge in [-0.25, -0.2) is 9.78 Å². The van der Waals surface area contributed by atoms with E-state index in [1.165, 1.54) is 23.0 Å². The van der Waals surface area contributed by atoms with Crippen LogP contribution in [0.4, 0.5) is 0 Å². The average Bonchev–Trinajstić information content (AvgIpc) is 3.27. The van der Waals surface area contributed by atoms with Crippen LogP contribution in [-0.4, -0.2) is 108 Å². The van der Waals surface area contributed by atoms with Crippen molar-refractivity contribution in [3.63, 3.8) is 0 Å². The second-order valence-corrected chi connectivity index (χ2v) is 10.3. The predicted molar refractivity (Wildman–Crippen MR) is 126 cm³/mol. The number of carboxylic acid groups (broad SMARTS) is 1. The molecule has 4 aliphatic rings. The number of aromatic nitrogens is 3. The van der Waals surface area contributed by atoms with E-state index in [0.29, 0.717) is 47.4 Å². The SMILES string of the molecule is O=C(CSc1nc[nH]n1)N[C@@H]1C(=O)N2C(C(=O)O)=C(C(CC3CC3)=C3CCNC3=O)CS[C@H]12.[NaH]. The minimum absolute atomic E-state index is 0. The second-order valence-electron chi connectivity index (χ2n) is 8.27. The van der Waals surface area contributed by atoms with Gasteiger partial charge in [-0.1, -0.05) is 11.8 Å². The molecule has 14 heteroatoms. The summed E-state index contributed by atoms with van der Waals surface area (Å²) in [4.78, 5) is 55.1. The van der Waals surface area contributed by atoms with Crippen LogP contribution in [0.15, 0.2) is 33.9 Å². The number of H-pyrrole nitrogens is 1. The van der Waals surface area contributed by atoms with E-state index in [2.05, 4.69) is 25.8 Å². The van der Waals surface area contributed by atoms with Crippen LogP contribution in [0.3, 0.4) is 0 Å². The summed E-state index contributed by atoms with van der Waals surface area (Å²) in [6, 6.07) is -0.791. The van der Waals surface area contributed by atoms with Gasteiger partial charge >= 0.3 is 35.5 Å². The Balaban J connectivity index is 0.00000274. The van der Waals surface area contributed by atoms with Crippen molar-refractivity contribution >= 4 is 76.8 Å². The number of allylic oxidation sites excluding steroid dienone is 1. The molecule has 0 radical (unpaired) electrons. The monoisotopic (exact) mass is 514 g/mol. The first-order valence-corrected chi connectivity index (χ1v) is 12.7. The molecule has 34 heavy (non-hydrogen) atoms. The molecule has 1 aromatic rings. The van der Waals surface area contributed by atoms with E-state index in [-0.39, 0.29) is 52.8 Å². The maximum atomic E-state index is 12.9. The fourth-order valence-electron chi connectivity index (χ4n) is 4.31. The van der Waals surface area contributed by atoms with E-state index in [9.17, 15) is 24.3 Å². The van der Waals surface area contributed by atoms with Crippen LogP contribution in [0.5, 0.6) is 0 Å². The normalized spacial score (nSPS) is 25.2. The molecule has 4 N–H and O–H groups in total. The molecule has 3 aliphatic heterocycles. The number of carboxylic acids is 1. The van der Waals surface area contributed by atoms with Crippen LogP contribution < -0.4 is 10.6 Å². The molecule has 1 aromatic heterocycles. The van der Waals surface area contributed by atoms with Crippen LogP contribution in [0.25, 0.3) is 0 Å². The van der Waals surface area contributed by atoms with Gasteiger partial charge in [0.1, 0.15) is 23.4 Å². The zero-order valence-corrected chi connectivity index (χ0v) is 19.1. The summed E-state index contributed by atoms with van der Waals surface area (Å²) in [5, 5.41) is 21.9. The van der Waals surface area contributed by atoms with E-state index in [1.807, 2.05) is 0 Å². The number of nitrogens with one attached hydrogen (secondary N) is 3. The van der Waals surface area contributed by atoms with Crippen LogP contribution >= 0.6 is 23.5 Å². The summed E-state index contributed by atoms with van der Waals surface area (Å²) in [6.07, 6.45) is 4.74. The molecule has 0 spiro atoms. The van der Waals surface area contributed by atoms with Gasteiger partial charge in [0.15, 0.2) is 0 Å². The molecule has 11 nitrogen and oxygen atoms in total. The van der Waals surface area contributed by atoms with Gasteiger partial charge in [0.2, 0.25) is 17.0 Å². The van der Waals surface area contributed by atoms with Crippen LogP contribution in [0, 0.1) is 5.92 Å². The molecular formula is C20H23N6NaO5S2. The summed E-state index contributed by atoms with van der Waals surface area (Å²) >= 11 is 2.55. The van der Waals surface area contributed by atoms with E-state index in [0.717, 1.165) is 30.2 Å². The molecule has 5 rings (SSSR count). The van der Waals surface area contributed by atoms with Crippen molar-refractivity contribution in [3.05, 3.63) is 28.7 Å². The quantitative estimate of drug-likeness (QED) is 0.157. The number of β-lactam (4-membered cyclic amide) rings is 1. The van der Waals surface area contributed by atoms with Crippen molar-refractivity contribution in [2.45, 2.75) is 42.3 Å². The zero-order chi connectivity index (χ0) is 23.1. The molecule has 0 bridgehead atoms. The molecule has 0 unspecified atom stereocenters. The number of carbonyl (C=O) groups excluding carboxylic acids is 3. The number of amides is 3. The van der Waals surface area contributed by atoms with Crippen LogP contribution in [-0.2, 0) is 19.2 Å². The molecule has 1 aliphatic carbocycles. The van der Waals surface area contributed by atoms with Gasteiger partial charge in [0.05, 0.1) is 5.75 Å². The Morgan fingerprint density at radius 1 is 1.32 bits per heavy atom. The standard InChI is InChI=1S/C20H22N6O5S2.Na.H/c27-13(7-33-20-22-8-23-25-20)24-14-17(29)26-15(19(30)31)12(6-32-18(14)26)11(5-9-1-2-9)10-3-4-21-16(10)28;;/h8-9,14,18H,1-7H2,(H,21,28)(H,24,27)(H,30,31)(H,22,23,25);;/t14-,18-;;/m1../s1. The van der Waals surface area contributed by atoms with E-state index >= 15 is 0 Å². The van der Waals surface area contributed by atoms with Crippen molar-refractivity contribution in [2.75, 3.05) is 18.1 Å². The summed E-state index contributed by atoms with van der Waals surface area (Å²) in [6.45, 7) is 0.538. The first-order chi connectivity index (χ1) is 15.9. The number of hydrogen-bond acceptors (Lipinski definition) is 8. The summed E-state index contributed by atoms with van der Waals surface area (Å²) in [5.74, 6) is -1.29. The van der Waals surface area contributed by atoms with E-state index in [4.69, 9.17) is 0 Å². The molecule has 3 amide bonds. The average molecular weight is 515 g/mol. The third-order valence-corrected chi connectivity index (χ3v) is 8.21. The number of nitrogens with zero attached hydrogens (tertiary/aromatic N) is 3. The van der Waals surface area contributed by atoms with Crippen molar-refractivity contribution in [1.29, 1.82) is 0 Å². The van der Waals surface area contributed by atoms with Gasteiger partial charge in [0.25, 0.3) is 5.91 Å². The van der Waals surface area contributed by atoms with Crippen LogP contribution in [0.1, 0.15) is 25.7 Å². The van der Waals surface area contributed by atoms with Gasteiger partial charge < -0.3 is 15.7 Å².